The Morgan fingerprint density at radius 3 is 1.83 bits per heavy atom. The Labute approximate surface area is 76.7 Å². The van der Waals surface area contributed by atoms with Gasteiger partial charge in [-0.05, 0) is 55.3 Å². The molecule has 0 aromatic heterocycles. The van der Waals surface area contributed by atoms with Gasteiger partial charge in [0.25, 0.3) is 0 Å². The molecule has 0 aromatic carbocycles. The smallest absolute Gasteiger partial charge is 0.0380 e. The zero-order valence-electron chi connectivity index (χ0n) is 8.72. The average Bonchev–Trinajstić information content (AvgIpc) is 1.79. The molecule has 0 saturated heterocycles. The number of hydrogen-bond donors (Lipinski definition) is 0. The third-order valence-corrected chi connectivity index (χ3v) is 4.23. The summed E-state index contributed by atoms with van der Waals surface area (Å²) in [5.74, 6) is 5.33. The van der Waals surface area contributed by atoms with Gasteiger partial charge in [-0.1, -0.05) is 20.8 Å². The fourth-order valence-electron chi connectivity index (χ4n) is 2.99. The van der Waals surface area contributed by atoms with E-state index in [0.29, 0.717) is 0 Å². The zero-order valence-corrected chi connectivity index (χ0v) is 8.72. The Kier molecular flexibility index (Phi) is 2.18. The van der Waals surface area contributed by atoms with Gasteiger partial charge in [0.1, 0.15) is 0 Å². The molecule has 0 radical (unpaired) electrons. The molecule has 0 nitrogen and oxygen atoms in total. The van der Waals surface area contributed by atoms with Crippen molar-refractivity contribution in [2.24, 2.45) is 29.6 Å². The van der Waals surface area contributed by atoms with Gasteiger partial charge >= 0.3 is 0 Å². The Bertz CT molecular complexity index is 147. The van der Waals surface area contributed by atoms with Crippen LogP contribution in [0.25, 0.3) is 0 Å². The van der Waals surface area contributed by atoms with Gasteiger partial charge in [-0.15, -0.1) is 0 Å². The van der Waals surface area contributed by atoms with E-state index in [4.69, 9.17) is 0 Å². The monoisotopic (exact) mass is 166 g/mol. The predicted molar refractivity (Wildman–Crippen MR) is 52.9 cm³/mol. The number of rotatable bonds is 2. The summed E-state index contributed by atoms with van der Waals surface area (Å²) in [6.07, 6.45) is 6.18. The molecule has 2 rings (SSSR count). The fraction of sp³-hybridized carbons (Fsp3) is 1.00. The van der Waals surface area contributed by atoms with E-state index in [-0.39, 0.29) is 0 Å². The van der Waals surface area contributed by atoms with Crippen LogP contribution in [0.2, 0.25) is 0 Å². The highest BCUT2D eigenvalue weighted by molar-refractivity contribution is 4.91. The van der Waals surface area contributed by atoms with Crippen LogP contribution in [0, 0.1) is 29.6 Å². The summed E-state index contributed by atoms with van der Waals surface area (Å²) in [4.78, 5) is 0. The van der Waals surface area contributed by atoms with Crippen LogP contribution >= 0.6 is 0 Å². The van der Waals surface area contributed by atoms with E-state index < -0.39 is 0 Å². The van der Waals surface area contributed by atoms with E-state index in [2.05, 4.69) is 20.8 Å². The van der Waals surface area contributed by atoms with Gasteiger partial charge in [0.15, 0.2) is 0 Å². The molecule has 0 aromatic rings. The van der Waals surface area contributed by atoms with Crippen molar-refractivity contribution in [2.75, 3.05) is 0 Å². The molecule has 0 amide bonds. The van der Waals surface area contributed by atoms with Gasteiger partial charge in [0.05, 0.1) is 0 Å². The van der Waals surface area contributed by atoms with Crippen LogP contribution in [-0.4, -0.2) is 0 Å². The lowest BCUT2D eigenvalue weighted by molar-refractivity contribution is 0.0241. The lowest BCUT2D eigenvalue weighted by Gasteiger charge is -2.48. The molecule has 0 spiro atoms. The summed E-state index contributed by atoms with van der Waals surface area (Å²) < 4.78 is 0. The van der Waals surface area contributed by atoms with Crippen molar-refractivity contribution in [2.45, 2.75) is 46.5 Å². The van der Waals surface area contributed by atoms with Crippen molar-refractivity contribution >= 4 is 0 Å². The van der Waals surface area contributed by atoms with Crippen LogP contribution < -0.4 is 0 Å². The van der Waals surface area contributed by atoms with Gasteiger partial charge < -0.3 is 0 Å². The van der Waals surface area contributed by atoms with Crippen molar-refractivity contribution in [1.29, 1.82) is 0 Å². The van der Waals surface area contributed by atoms with Crippen molar-refractivity contribution < 1.29 is 0 Å². The summed E-state index contributed by atoms with van der Waals surface area (Å²) in [6.45, 7) is 7.16. The summed E-state index contributed by atoms with van der Waals surface area (Å²) >= 11 is 0. The Morgan fingerprint density at radius 2 is 1.42 bits per heavy atom. The summed E-state index contributed by atoms with van der Waals surface area (Å²) in [5.41, 5.74) is 0. The first kappa shape index (κ1) is 8.59. The van der Waals surface area contributed by atoms with Gasteiger partial charge in [0, 0.05) is 0 Å². The standard InChI is InChI=1S/C12H22/c1-8(2)10-6-12(7-10)11-4-9(3)5-11/h8-12H,4-7H2,1-3H3. The predicted octanol–water partition coefficient (Wildman–Crippen LogP) is 3.71. The minimum atomic E-state index is 0.943. The number of hydrogen-bond acceptors (Lipinski definition) is 0. The molecular formula is C12H22. The van der Waals surface area contributed by atoms with Crippen LogP contribution in [-0.2, 0) is 0 Å². The largest absolute Gasteiger partial charge is 0.0625 e. The molecule has 0 aliphatic heterocycles. The van der Waals surface area contributed by atoms with E-state index in [1.165, 1.54) is 12.8 Å². The van der Waals surface area contributed by atoms with Crippen LogP contribution in [0.1, 0.15) is 46.5 Å². The first-order valence-corrected chi connectivity index (χ1v) is 5.66. The van der Waals surface area contributed by atoms with Crippen LogP contribution in [0.5, 0.6) is 0 Å². The minimum absolute atomic E-state index is 0.943. The molecule has 12 heavy (non-hydrogen) atoms. The maximum atomic E-state index is 2.40. The first-order valence-electron chi connectivity index (χ1n) is 5.66. The average molecular weight is 166 g/mol. The van der Waals surface area contributed by atoms with E-state index in [0.717, 1.165) is 29.6 Å². The second-order valence-electron chi connectivity index (χ2n) is 5.57. The lowest BCUT2D eigenvalue weighted by atomic mass is 9.57. The molecule has 2 aliphatic rings. The topological polar surface area (TPSA) is 0 Å². The molecule has 0 heteroatoms. The second-order valence-corrected chi connectivity index (χ2v) is 5.57. The van der Waals surface area contributed by atoms with Crippen molar-refractivity contribution in [3.63, 3.8) is 0 Å². The molecular weight excluding hydrogens is 144 g/mol. The highest BCUT2D eigenvalue weighted by atomic mass is 14.5. The molecule has 0 unspecified atom stereocenters. The summed E-state index contributed by atoms with van der Waals surface area (Å²) in [7, 11) is 0. The zero-order chi connectivity index (χ0) is 8.72. The first-order chi connectivity index (χ1) is 5.66. The van der Waals surface area contributed by atoms with Gasteiger partial charge in [0.2, 0.25) is 0 Å². The summed E-state index contributed by atoms with van der Waals surface area (Å²) in [5, 5.41) is 0. The molecule has 70 valence electrons. The molecule has 0 bridgehead atoms. The Hall–Kier alpha value is 0. The highest BCUT2D eigenvalue weighted by Crippen LogP contribution is 2.50. The third-order valence-electron chi connectivity index (χ3n) is 4.23. The SMILES string of the molecule is CC1CC(C2CC(C(C)C)C2)C1. The molecule has 2 aliphatic carbocycles. The van der Waals surface area contributed by atoms with Crippen molar-refractivity contribution in [1.82, 2.24) is 0 Å². The Balaban J connectivity index is 1.68. The van der Waals surface area contributed by atoms with Gasteiger partial charge in [-0.2, -0.15) is 0 Å². The van der Waals surface area contributed by atoms with E-state index in [9.17, 15) is 0 Å². The highest BCUT2D eigenvalue weighted by Gasteiger charge is 2.40. The molecule has 0 heterocycles. The fourth-order valence-corrected chi connectivity index (χ4v) is 2.99. The van der Waals surface area contributed by atoms with Crippen LogP contribution in [0.3, 0.4) is 0 Å². The molecule has 2 saturated carbocycles. The maximum absolute atomic E-state index is 2.40. The molecule has 0 N–H and O–H groups in total. The third kappa shape index (κ3) is 1.41. The summed E-state index contributed by atoms with van der Waals surface area (Å²) in [6, 6.07) is 0. The Morgan fingerprint density at radius 1 is 0.917 bits per heavy atom. The second kappa shape index (κ2) is 3.05. The van der Waals surface area contributed by atoms with Crippen LogP contribution in [0.4, 0.5) is 0 Å². The van der Waals surface area contributed by atoms with E-state index in [1.54, 1.807) is 12.8 Å². The van der Waals surface area contributed by atoms with Crippen molar-refractivity contribution in [3.05, 3.63) is 0 Å². The minimum Gasteiger partial charge on any atom is -0.0625 e. The normalized spacial score (nSPS) is 47.0. The lowest BCUT2D eigenvalue weighted by Crippen LogP contribution is -2.38. The van der Waals surface area contributed by atoms with Gasteiger partial charge in [-0.3, -0.25) is 0 Å². The van der Waals surface area contributed by atoms with E-state index >= 15 is 0 Å². The van der Waals surface area contributed by atoms with Gasteiger partial charge in [-0.25, -0.2) is 0 Å². The molecule has 2 fully saturated rings. The van der Waals surface area contributed by atoms with Crippen molar-refractivity contribution in [3.8, 4) is 0 Å². The maximum Gasteiger partial charge on any atom is -0.0380 e. The molecule has 0 atom stereocenters. The van der Waals surface area contributed by atoms with Crippen LogP contribution in [0.15, 0.2) is 0 Å². The van der Waals surface area contributed by atoms with E-state index in [1.807, 2.05) is 0 Å². The quantitative estimate of drug-likeness (QED) is 0.586.